The van der Waals surface area contributed by atoms with Gasteiger partial charge in [-0.2, -0.15) is 0 Å². The van der Waals surface area contributed by atoms with Gasteiger partial charge in [0.05, 0.1) is 4.92 Å². The number of nitro benzene ring substituents is 1. The van der Waals surface area contributed by atoms with Crippen LogP contribution in [0.25, 0.3) is 0 Å². The molecule has 0 radical (unpaired) electrons. The Labute approximate surface area is 148 Å². The predicted octanol–water partition coefficient (Wildman–Crippen LogP) is 3.89. The normalized spacial score (nSPS) is 13.4. The summed E-state index contributed by atoms with van der Waals surface area (Å²) in [6, 6.07) is 6.83. The number of nitrogens with one attached hydrogen (secondary N) is 1. The fourth-order valence-corrected chi connectivity index (χ4v) is 3.74. The molecule has 7 heteroatoms. The van der Waals surface area contributed by atoms with Gasteiger partial charge in [-0.15, -0.1) is 0 Å². The maximum Gasteiger partial charge on any atom is 0.270 e. The summed E-state index contributed by atoms with van der Waals surface area (Å²) in [6.07, 6.45) is 2.80. The van der Waals surface area contributed by atoms with Gasteiger partial charge >= 0.3 is 0 Å². The van der Waals surface area contributed by atoms with Crippen molar-refractivity contribution >= 4 is 17.4 Å². The number of hydrazine groups is 1. The Balaban J connectivity index is 3.17. The molecule has 0 spiro atoms. The fourth-order valence-electron chi connectivity index (χ4n) is 2.45. The summed E-state index contributed by atoms with van der Waals surface area (Å²) in [4.78, 5) is 12.7. The van der Waals surface area contributed by atoms with Gasteiger partial charge in [-0.25, -0.2) is 5.43 Å². The van der Waals surface area contributed by atoms with Crippen molar-refractivity contribution in [3.8, 4) is 0 Å². The second kappa shape index (κ2) is 10.3. The third-order valence-electron chi connectivity index (χ3n) is 3.47. The number of nitrogens with two attached hydrogens (primary N) is 1. The summed E-state index contributed by atoms with van der Waals surface area (Å²) in [5.41, 5.74) is 10.5. The van der Waals surface area contributed by atoms with Crippen LogP contribution in [0.4, 0.5) is 5.69 Å². The number of hydrogen-bond donors (Lipinski definition) is 2. The number of thioether (sulfide) groups is 1. The molecule has 1 unspecified atom stereocenters. The first-order valence-corrected chi connectivity index (χ1v) is 9.09. The van der Waals surface area contributed by atoms with Gasteiger partial charge in [-0.3, -0.25) is 10.1 Å². The first-order valence-electron chi connectivity index (χ1n) is 8.27. The lowest BCUT2D eigenvalue weighted by Gasteiger charge is -2.30. The number of benzene rings is 1. The lowest BCUT2D eigenvalue weighted by molar-refractivity contribution is -0.385. The van der Waals surface area contributed by atoms with Crippen LogP contribution >= 0.6 is 11.8 Å². The molecule has 0 amide bonds. The Kier molecular flexibility index (Phi) is 8.81. The molecule has 134 valence electrons. The van der Waals surface area contributed by atoms with Crippen LogP contribution in [0.3, 0.4) is 0 Å². The second-order valence-electron chi connectivity index (χ2n) is 5.64. The molecule has 0 aromatic heterocycles. The summed E-state index contributed by atoms with van der Waals surface area (Å²) >= 11 is 1.60. The van der Waals surface area contributed by atoms with Crippen LogP contribution in [0.5, 0.6) is 0 Å². The summed E-state index contributed by atoms with van der Waals surface area (Å²) < 4.78 is 0. The van der Waals surface area contributed by atoms with Crippen molar-refractivity contribution in [3.63, 3.8) is 0 Å². The van der Waals surface area contributed by atoms with Gasteiger partial charge in [0.1, 0.15) is 0 Å². The number of allylic oxidation sites excluding steroid dienone is 2. The van der Waals surface area contributed by atoms with Gasteiger partial charge in [-0.05, 0) is 25.8 Å². The van der Waals surface area contributed by atoms with Crippen molar-refractivity contribution in [1.29, 1.82) is 0 Å². The van der Waals surface area contributed by atoms with Crippen molar-refractivity contribution in [1.82, 2.24) is 10.4 Å². The van der Waals surface area contributed by atoms with Crippen molar-refractivity contribution in [3.05, 3.63) is 45.0 Å². The average Bonchev–Trinajstić information content (AvgIpc) is 2.54. The van der Waals surface area contributed by atoms with Crippen LogP contribution < -0.4 is 11.2 Å². The Morgan fingerprint density at radius 1 is 1.46 bits per heavy atom. The highest BCUT2D eigenvalue weighted by Gasteiger charge is 2.16. The van der Waals surface area contributed by atoms with Crippen LogP contribution in [0.1, 0.15) is 40.0 Å². The molecule has 0 aliphatic carbocycles. The van der Waals surface area contributed by atoms with Gasteiger partial charge in [-0.1, -0.05) is 38.1 Å². The zero-order valence-electron chi connectivity index (χ0n) is 14.9. The first kappa shape index (κ1) is 20.5. The van der Waals surface area contributed by atoms with E-state index >= 15 is 0 Å². The van der Waals surface area contributed by atoms with E-state index in [0.717, 1.165) is 24.2 Å². The Bertz CT molecular complexity index is 575. The third kappa shape index (κ3) is 6.14. The van der Waals surface area contributed by atoms with E-state index in [1.165, 1.54) is 16.7 Å². The third-order valence-corrected chi connectivity index (χ3v) is 4.65. The topological polar surface area (TPSA) is 84.4 Å². The van der Waals surface area contributed by atoms with Crippen LogP contribution in [0.15, 0.2) is 39.8 Å². The highest BCUT2D eigenvalue weighted by molar-refractivity contribution is 8.03. The standard InChI is InChI=1S/C17H28N4O2S/c1-5-8-17(16(6-2)20(19-4)12-13(3)18)24-15-10-7-9-14(11-15)21(22)23/h7,9-11,13,19H,5-6,8,12,18H2,1-4H3/b17-16+. The van der Waals surface area contributed by atoms with Gasteiger partial charge in [0.2, 0.25) is 0 Å². The fraction of sp³-hybridized carbons (Fsp3) is 0.529. The van der Waals surface area contributed by atoms with E-state index < -0.39 is 0 Å². The number of hydrogen-bond acceptors (Lipinski definition) is 6. The van der Waals surface area contributed by atoms with E-state index in [9.17, 15) is 10.1 Å². The summed E-state index contributed by atoms with van der Waals surface area (Å²) in [5.74, 6) is 0. The molecule has 1 aromatic carbocycles. The molecule has 0 bridgehead atoms. The molecule has 0 saturated heterocycles. The molecule has 1 aromatic rings. The van der Waals surface area contributed by atoms with E-state index in [1.54, 1.807) is 23.9 Å². The minimum Gasteiger partial charge on any atom is -0.326 e. The van der Waals surface area contributed by atoms with Crippen LogP contribution in [-0.2, 0) is 0 Å². The first-order chi connectivity index (χ1) is 11.4. The molecule has 1 rings (SSSR count). The van der Waals surface area contributed by atoms with E-state index in [0.29, 0.717) is 6.54 Å². The van der Waals surface area contributed by atoms with Crippen molar-refractivity contribution < 1.29 is 4.92 Å². The number of nitrogens with zero attached hydrogens (tertiary/aromatic N) is 2. The second-order valence-corrected chi connectivity index (χ2v) is 6.81. The number of non-ortho nitro benzene ring substituents is 1. The molecule has 24 heavy (non-hydrogen) atoms. The molecule has 1 atom stereocenters. The highest BCUT2D eigenvalue weighted by Crippen LogP contribution is 2.35. The minimum absolute atomic E-state index is 0.0460. The van der Waals surface area contributed by atoms with E-state index in [1.807, 2.05) is 20.0 Å². The summed E-state index contributed by atoms with van der Waals surface area (Å²) in [5, 5.41) is 13.1. The number of rotatable bonds is 10. The molecule has 0 aliphatic heterocycles. The van der Waals surface area contributed by atoms with E-state index in [2.05, 4.69) is 24.3 Å². The van der Waals surface area contributed by atoms with Crippen LogP contribution in [0.2, 0.25) is 0 Å². The molecule has 6 nitrogen and oxygen atoms in total. The zero-order chi connectivity index (χ0) is 18.1. The molecule has 0 heterocycles. The van der Waals surface area contributed by atoms with Gasteiger partial charge in [0.15, 0.2) is 0 Å². The van der Waals surface area contributed by atoms with Gasteiger partial charge in [0.25, 0.3) is 5.69 Å². The summed E-state index contributed by atoms with van der Waals surface area (Å²) in [6.45, 7) is 6.94. The maximum atomic E-state index is 11.0. The maximum absolute atomic E-state index is 11.0. The van der Waals surface area contributed by atoms with Gasteiger partial charge < -0.3 is 10.7 Å². The summed E-state index contributed by atoms with van der Waals surface area (Å²) in [7, 11) is 1.89. The van der Waals surface area contributed by atoms with Crippen LogP contribution in [-0.4, -0.2) is 29.6 Å². The largest absolute Gasteiger partial charge is 0.326 e. The monoisotopic (exact) mass is 352 g/mol. The van der Waals surface area contributed by atoms with Crippen molar-refractivity contribution in [2.45, 2.75) is 51.0 Å². The quantitative estimate of drug-likeness (QED) is 0.377. The molecular weight excluding hydrogens is 324 g/mol. The molecule has 3 N–H and O–H groups in total. The van der Waals surface area contributed by atoms with Gasteiger partial charge in [0, 0.05) is 47.3 Å². The molecule has 0 fully saturated rings. The van der Waals surface area contributed by atoms with E-state index in [4.69, 9.17) is 5.73 Å². The Hall–Kier alpha value is -1.57. The van der Waals surface area contributed by atoms with E-state index in [-0.39, 0.29) is 16.7 Å². The highest BCUT2D eigenvalue weighted by atomic mass is 32.2. The average molecular weight is 353 g/mol. The molecule has 0 saturated carbocycles. The minimum atomic E-state index is -0.357. The molecule has 0 aliphatic rings. The van der Waals surface area contributed by atoms with Crippen molar-refractivity contribution in [2.24, 2.45) is 5.73 Å². The zero-order valence-corrected chi connectivity index (χ0v) is 15.7. The Morgan fingerprint density at radius 3 is 2.67 bits per heavy atom. The lowest BCUT2D eigenvalue weighted by Crippen LogP contribution is -2.42. The van der Waals surface area contributed by atoms with Crippen molar-refractivity contribution in [2.75, 3.05) is 13.6 Å². The SMILES string of the molecule is CCC/C(Sc1cccc([N+](=O)[O-])c1)=C(/CC)N(CC(C)N)NC. The lowest BCUT2D eigenvalue weighted by atomic mass is 10.2. The Morgan fingerprint density at radius 2 is 2.17 bits per heavy atom. The molecular formula is C17H28N4O2S. The predicted molar refractivity (Wildman–Crippen MR) is 101 cm³/mol. The number of nitro groups is 1. The van der Waals surface area contributed by atoms with Crippen LogP contribution in [0, 0.1) is 10.1 Å². The smallest absolute Gasteiger partial charge is 0.270 e.